The molecule has 1 fully saturated rings. The molecule has 1 aliphatic carbocycles. The second-order valence-corrected chi connectivity index (χ2v) is 11.4. The molecule has 0 saturated heterocycles. The zero-order chi connectivity index (χ0) is 29.5. The first-order valence-corrected chi connectivity index (χ1v) is 14.6. The Kier molecular flexibility index (Phi) is 7.42. The number of allylic oxidation sites excluding steroid dienone is 1. The second kappa shape index (κ2) is 11.2. The van der Waals surface area contributed by atoms with Gasteiger partial charge >= 0.3 is 0 Å². The first-order valence-electron chi connectivity index (χ1n) is 14.3. The van der Waals surface area contributed by atoms with Gasteiger partial charge in [-0.15, -0.1) is 0 Å². The minimum atomic E-state index is -0.439. The molecule has 42 heavy (non-hydrogen) atoms. The number of para-hydroxylation sites is 1. The number of hydrogen-bond donors (Lipinski definition) is 0. The maximum absolute atomic E-state index is 15.3. The standard InChI is InChI=1S/C35H32ClFN4O/c1-5-38-34-31(21(2)3)33(25-17-18-27(29(37)19-25)23-11-9-12-23)39-41(34)22(4)30-20-24-13-10-16-28(36)32(24)35(42)40(30)26-14-7-6-8-15-26/h5-8,10,13-20,22-23H,2,9,11-12H2,1,3-4H3/b38-5-. The van der Waals surface area contributed by atoms with Crippen molar-refractivity contribution in [3.8, 4) is 16.9 Å². The lowest BCUT2D eigenvalue weighted by Crippen LogP contribution is -2.26. The zero-order valence-corrected chi connectivity index (χ0v) is 24.7. The van der Waals surface area contributed by atoms with Crippen LogP contribution >= 0.6 is 11.6 Å². The van der Waals surface area contributed by atoms with Crippen molar-refractivity contribution >= 4 is 40.0 Å². The summed E-state index contributed by atoms with van der Waals surface area (Å²) in [5, 5.41) is 6.64. The Morgan fingerprint density at radius 1 is 1.12 bits per heavy atom. The predicted octanol–water partition coefficient (Wildman–Crippen LogP) is 9.28. The third kappa shape index (κ3) is 4.70. The van der Waals surface area contributed by atoms with Crippen molar-refractivity contribution in [1.29, 1.82) is 0 Å². The highest BCUT2D eigenvalue weighted by molar-refractivity contribution is 6.35. The van der Waals surface area contributed by atoms with E-state index in [0.717, 1.165) is 41.3 Å². The molecule has 2 heterocycles. The zero-order valence-electron chi connectivity index (χ0n) is 23.9. The second-order valence-electron chi connectivity index (χ2n) is 10.9. The summed E-state index contributed by atoms with van der Waals surface area (Å²) in [6.45, 7) is 9.96. The van der Waals surface area contributed by atoms with Gasteiger partial charge in [0, 0.05) is 23.0 Å². The van der Waals surface area contributed by atoms with Gasteiger partial charge < -0.3 is 0 Å². The van der Waals surface area contributed by atoms with Gasteiger partial charge in [-0.3, -0.25) is 9.36 Å². The fraction of sp³-hybridized carbons (Fsp3) is 0.229. The number of fused-ring (bicyclic) bond motifs is 1. The molecule has 2 aromatic heterocycles. The Labute approximate surface area is 249 Å². The number of rotatable bonds is 7. The van der Waals surface area contributed by atoms with E-state index < -0.39 is 6.04 Å². The average molecular weight is 579 g/mol. The highest BCUT2D eigenvalue weighted by Gasteiger charge is 2.28. The van der Waals surface area contributed by atoms with Crippen molar-refractivity contribution in [3.05, 3.63) is 117 Å². The van der Waals surface area contributed by atoms with E-state index in [1.807, 2.05) is 86.1 Å². The van der Waals surface area contributed by atoms with Crippen LogP contribution in [0.15, 0.2) is 89.2 Å². The quantitative estimate of drug-likeness (QED) is 0.181. The van der Waals surface area contributed by atoms with E-state index in [4.69, 9.17) is 21.7 Å². The molecule has 3 aromatic carbocycles. The number of halogens is 2. The van der Waals surface area contributed by atoms with E-state index in [2.05, 4.69) is 6.58 Å². The Morgan fingerprint density at radius 2 is 1.88 bits per heavy atom. The molecule has 1 saturated carbocycles. The molecule has 0 bridgehead atoms. The van der Waals surface area contributed by atoms with Crippen LogP contribution in [0.5, 0.6) is 0 Å². The molecule has 6 rings (SSSR count). The van der Waals surface area contributed by atoms with Crippen LogP contribution < -0.4 is 5.56 Å². The molecular formula is C35H32ClFN4O. The van der Waals surface area contributed by atoms with Crippen molar-refractivity contribution in [2.24, 2.45) is 4.99 Å². The Bertz CT molecular complexity index is 1920. The third-order valence-electron chi connectivity index (χ3n) is 8.22. The van der Waals surface area contributed by atoms with Gasteiger partial charge in [-0.1, -0.05) is 67.1 Å². The Morgan fingerprint density at radius 3 is 2.52 bits per heavy atom. The smallest absolute Gasteiger partial charge is 0.264 e. The topological polar surface area (TPSA) is 52.2 Å². The maximum Gasteiger partial charge on any atom is 0.264 e. The predicted molar refractivity (Wildman–Crippen MR) is 171 cm³/mol. The molecule has 0 amide bonds. The largest absolute Gasteiger partial charge is 0.279 e. The van der Waals surface area contributed by atoms with Gasteiger partial charge in [0.05, 0.1) is 22.1 Å². The fourth-order valence-electron chi connectivity index (χ4n) is 5.88. The molecule has 0 N–H and O–H groups in total. The Balaban J connectivity index is 1.59. The Hall–Kier alpha value is -4.29. The lowest BCUT2D eigenvalue weighted by molar-refractivity contribution is 0.404. The number of aliphatic imine (C=N–C) groups is 1. The van der Waals surface area contributed by atoms with E-state index in [9.17, 15) is 4.79 Å². The van der Waals surface area contributed by atoms with Crippen LogP contribution in [0.4, 0.5) is 10.2 Å². The van der Waals surface area contributed by atoms with Crippen molar-refractivity contribution < 1.29 is 4.39 Å². The summed E-state index contributed by atoms with van der Waals surface area (Å²) in [7, 11) is 0. The number of benzene rings is 3. The monoisotopic (exact) mass is 578 g/mol. The number of nitrogens with zero attached hydrogens (tertiary/aromatic N) is 4. The molecule has 5 aromatic rings. The van der Waals surface area contributed by atoms with Crippen LogP contribution in [0.3, 0.4) is 0 Å². The minimum absolute atomic E-state index is 0.211. The van der Waals surface area contributed by atoms with Crippen molar-refractivity contribution in [1.82, 2.24) is 14.3 Å². The lowest BCUT2D eigenvalue weighted by atomic mass is 9.79. The molecule has 5 nitrogen and oxygen atoms in total. The van der Waals surface area contributed by atoms with Crippen LogP contribution in [0.1, 0.15) is 68.8 Å². The summed E-state index contributed by atoms with van der Waals surface area (Å²) < 4.78 is 18.8. The van der Waals surface area contributed by atoms with Crippen LogP contribution in [-0.4, -0.2) is 20.6 Å². The molecule has 212 valence electrons. The van der Waals surface area contributed by atoms with Crippen molar-refractivity contribution in [2.45, 2.75) is 52.0 Å². The molecule has 1 aliphatic rings. The van der Waals surface area contributed by atoms with Crippen LogP contribution in [-0.2, 0) is 0 Å². The van der Waals surface area contributed by atoms with E-state index in [-0.39, 0.29) is 17.3 Å². The maximum atomic E-state index is 15.3. The number of pyridine rings is 1. The van der Waals surface area contributed by atoms with Gasteiger partial charge in [-0.2, -0.15) is 5.10 Å². The molecule has 0 radical (unpaired) electrons. The van der Waals surface area contributed by atoms with Crippen molar-refractivity contribution in [2.75, 3.05) is 0 Å². The summed E-state index contributed by atoms with van der Waals surface area (Å²) in [4.78, 5) is 18.8. The van der Waals surface area contributed by atoms with Gasteiger partial charge in [0.15, 0.2) is 5.82 Å². The first kappa shape index (κ1) is 27.9. The summed E-state index contributed by atoms with van der Waals surface area (Å²) >= 11 is 6.53. The van der Waals surface area contributed by atoms with Crippen LogP contribution in [0, 0.1) is 5.82 Å². The van der Waals surface area contributed by atoms with Gasteiger partial charge in [0.1, 0.15) is 11.5 Å². The first-order chi connectivity index (χ1) is 20.3. The van der Waals surface area contributed by atoms with Gasteiger partial charge in [0.2, 0.25) is 0 Å². The van der Waals surface area contributed by atoms with E-state index in [0.29, 0.717) is 38.9 Å². The van der Waals surface area contributed by atoms with E-state index in [1.165, 1.54) is 0 Å². The molecule has 1 unspecified atom stereocenters. The van der Waals surface area contributed by atoms with Crippen LogP contribution in [0.2, 0.25) is 5.02 Å². The highest BCUT2D eigenvalue weighted by atomic mass is 35.5. The molecule has 0 spiro atoms. The lowest BCUT2D eigenvalue weighted by Gasteiger charge is -2.26. The molecule has 7 heteroatoms. The minimum Gasteiger partial charge on any atom is -0.279 e. The van der Waals surface area contributed by atoms with Gasteiger partial charge in [-0.25, -0.2) is 14.1 Å². The normalized spacial score (nSPS) is 14.4. The van der Waals surface area contributed by atoms with E-state index in [1.54, 1.807) is 22.9 Å². The molecule has 1 atom stereocenters. The van der Waals surface area contributed by atoms with Gasteiger partial charge in [0.25, 0.3) is 5.56 Å². The average Bonchev–Trinajstić information content (AvgIpc) is 3.33. The summed E-state index contributed by atoms with van der Waals surface area (Å²) in [6, 6.07) is 21.9. The number of aromatic nitrogens is 3. The molecule has 0 aliphatic heterocycles. The summed E-state index contributed by atoms with van der Waals surface area (Å²) in [5.74, 6) is 0.667. The molecular weight excluding hydrogens is 547 g/mol. The summed E-state index contributed by atoms with van der Waals surface area (Å²) in [5.41, 5.74) is 4.75. The van der Waals surface area contributed by atoms with Gasteiger partial charge in [-0.05, 0) is 86.4 Å². The van der Waals surface area contributed by atoms with E-state index >= 15 is 4.39 Å². The third-order valence-corrected chi connectivity index (χ3v) is 8.53. The highest BCUT2D eigenvalue weighted by Crippen LogP contribution is 2.42. The van der Waals surface area contributed by atoms with Crippen LogP contribution in [0.25, 0.3) is 33.3 Å². The van der Waals surface area contributed by atoms with Crippen molar-refractivity contribution in [3.63, 3.8) is 0 Å². The fourth-order valence-corrected chi connectivity index (χ4v) is 6.14. The number of hydrogen-bond acceptors (Lipinski definition) is 3. The summed E-state index contributed by atoms with van der Waals surface area (Å²) in [6.07, 6.45) is 4.90. The SMILES string of the molecule is C=C(C)c1c(-c2ccc(C3CCC3)c(F)c2)nn(C(C)c2cc3cccc(Cl)c3c(=O)n2-c2ccccc2)c1/N=C\C.